The van der Waals surface area contributed by atoms with Gasteiger partial charge in [0, 0.05) is 6.20 Å². The molecule has 0 aliphatic carbocycles. The number of rotatable bonds is 3. The van der Waals surface area contributed by atoms with Crippen LogP contribution >= 0.6 is 0 Å². The van der Waals surface area contributed by atoms with Crippen LogP contribution in [0.5, 0.6) is 0 Å². The Labute approximate surface area is 109 Å². The summed E-state index contributed by atoms with van der Waals surface area (Å²) in [6, 6.07) is 12.9. The molecule has 94 valence electrons. The van der Waals surface area contributed by atoms with Crippen molar-refractivity contribution in [2.75, 3.05) is 5.32 Å². The maximum Gasteiger partial charge on any atom is 0.260 e. The first-order valence-electron chi connectivity index (χ1n) is 5.96. The highest BCUT2D eigenvalue weighted by Crippen LogP contribution is 2.08. The van der Waals surface area contributed by atoms with Crippen molar-refractivity contribution in [3.05, 3.63) is 64.7 Å². The number of nitrogens with one attached hydrogen (secondary N) is 2. The van der Waals surface area contributed by atoms with Crippen molar-refractivity contribution < 1.29 is 0 Å². The van der Waals surface area contributed by atoms with Gasteiger partial charge in [0.15, 0.2) is 0 Å². The largest absolute Gasteiger partial charge is 0.350 e. The molecule has 0 bridgehead atoms. The summed E-state index contributed by atoms with van der Waals surface area (Å²) < 4.78 is 0. The van der Waals surface area contributed by atoms with Crippen LogP contribution in [0, 0.1) is 0 Å². The fourth-order valence-electron chi connectivity index (χ4n) is 1.85. The van der Waals surface area contributed by atoms with Crippen LogP contribution in [0.3, 0.4) is 0 Å². The summed E-state index contributed by atoms with van der Waals surface area (Å²) in [5, 5.41) is 3.65. The van der Waals surface area contributed by atoms with Gasteiger partial charge in [-0.25, -0.2) is 4.98 Å². The third-order valence-electron chi connectivity index (χ3n) is 2.78. The van der Waals surface area contributed by atoms with Crippen LogP contribution in [0.2, 0.25) is 0 Å². The minimum Gasteiger partial charge on any atom is -0.350 e. The molecule has 0 atom stereocenters. The SMILES string of the molecule is O=c1[nH]c(NCc2ccccn2)nc2ccccc12. The van der Waals surface area contributed by atoms with E-state index in [1.165, 1.54) is 0 Å². The Bertz CT molecular complexity index is 752. The fraction of sp³-hybridized carbons (Fsp3) is 0.0714. The number of hydrogen-bond acceptors (Lipinski definition) is 4. The van der Waals surface area contributed by atoms with Gasteiger partial charge in [0.05, 0.1) is 23.1 Å². The van der Waals surface area contributed by atoms with E-state index in [-0.39, 0.29) is 5.56 Å². The van der Waals surface area contributed by atoms with Crippen LogP contribution < -0.4 is 10.9 Å². The monoisotopic (exact) mass is 252 g/mol. The van der Waals surface area contributed by atoms with Gasteiger partial charge in [0.25, 0.3) is 5.56 Å². The number of fused-ring (bicyclic) bond motifs is 1. The summed E-state index contributed by atoms with van der Waals surface area (Å²) in [5.74, 6) is 0.453. The van der Waals surface area contributed by atoms with Gasteiger partial charge in [-0.05, 0) is 24.3 Å². The van der Waals surface area contributed by atoms with Crippen LogP contribution in [0.4, 0.5) is 5.95 Å². The van der Waals surface area contributed by atoms with Gasteiger partial charge in [-0.15, -0.1) is 0 Å². The molecule has 0 aliphatic rings. The second-order valence-electron chi connectivity index (χ2n) is 4.11. The van der Waals surface area contributed by atoms with Gasteiger partial charge >= 0.3 is 0 Å². The number of benzene rings is 1. The summed E-state index contributed by atoms with van der Waals surface area (Å²) in [4.78, 5) is 23.1. The molecule has 19 heavy (non-hydrogen) atoms. The first kappa shape index (κ1) is 11.4. The van der Waals surface area contributed by atoms with Crippen molar-refractivity contribution in [3.8, 4) is 0 Å². The number of H-pyrrole nitrogens is 1. The Morgan fingerprint density at radius 3 is 2.79 bits per heavy atom. The fourth-order valence-corrected chi connectivity index (χ4v) is 1.85. The lowest BCUT2D eigenvalue weighted by Crippen LogP contribution is -2.13. The van der Waals surface area contributed by atoms with E-state index in [0.717, 1.165) is 5.69 Å². The highest BCUT2D eigenvalue weighted by Gasteiger charge is 2.02. The predicted octanol–water partition coefficient (Wildman–Crippen LogP) is 1.93. The zero-order chi connectivity index (χ0) is 13.1. The Kier molecular flexibility index (Phi) is 2.94. The summed E-state index contributed by atoms with van der Waals surface area (Å²) in [6.45, 7) is 0.516. The molecule has 0 aliphatic heterocycles. The minimum absolute atomic E-state index is 0.144. The van der Waals surface area contributed by atoms with E-state index in [1.807, 2.05) is 36.4 Å². The predicted molar refractivity (Wildman–Crippen MR) is 73.9 cm³/mol. The maximum atomic E-state index is 11.9. The van der Waals surface area contributed by atoms with Crippen molar-refractivity contribution in [1.82, 2.24) is 15.0 Å². The highest BCUT2D eigenvalue weighted by molar-refractivity contribution is 5.78. The van der Waals surface area contributed by atoms with E-state index in [2.05, 4.69) is 20.3 Å². The van der Waals surface area contributed by atoms with E-state index in [9.17, 15) is 4.79 Å². The van der Waals surface area contributed by atoms with E-state index in [0.29, 0.717) is 23.4 Å². The third-order valence-corrected chi connectivity index (χ3v) is 2.78. The lowest BCUT2D eigenvalue weighted by atomic mass is 10.2. The zero-order valence-corrected chi connectivity index (χ0v) is 10.1. The first-order valence-corrected chi connectivity index (χ1v) is 5.96. The summed E-state index contributed by atoms with van der Waals surface area (Å²) in [6.07, 6.45) is 1.73. The Morgan fingerprint density at radius 1 is 1.11 bits per heavy atom. The summed E-state index contributed by atoms with van der Waals surface area (Å²) in [5.41, 5.74) is 1.42. The van der Waals surface area contributed by atoms with Crippen LogP contribution in [0.1, 0.15) is 5.69 Å². The standard InChI is InChI=1S/C14H12N4O/c19-13-11-6-1-2-7-12(11)17-14(18-13)16-9-10-5-3-4-8-15-10/h1-8H,9H2,(H2,16,17,18,19). The van der Waals surface area contributed by atoms with E-state index in [1.54, 1.807) is 12.3 Å². The smallest absolute Gasteiger partial charge is 0.260 e. The lowest BCUT2D eigenvalue weighted by Gasteiger charge is -2.05. The van der Waals surface area contributed by atoms with Crippen LogP contribution in [0.15, 0.2) is 53.5 Å². The zero-order valence-electron chi connectivity index (χ0n) is 10.1. The first-order chi connectivity index (χ1) is 9.33. The highest BCUT2D eigenvalue weighted by atomic mass is 16.1. The molecule has 0 radical (unpaired) electrons. The molecule has 3 aromatic rings. The quantitative estimate of drug-likeness (QED) is 0.747. The lowest BCUT2D eigenvalue weighted by molar-refractivity contribution is 1.00. The molecule has 5 heteroatoms. The topological polar surface area (TPSA) is 70.7 Å². The van der Waals surface area contributed by atoms with Gasteiger partial charge in [-0.1, -0.05) is 18.2 Å². The molecule has 2 heterocycles. The van der Waals surface area contributed by atoms with Crippen molar-refractivity contribution in [2.24, 2.45) is 0 Å². The molecule has 0 unspecified atom stereocenters. The van der Waals surface area contributed by atoms with E-state index >= 15 is 0 Å². The van der Waals surface area contributed by atoms with Gasteiger partial charge in [0.1, 0.15) is 0 Å². The van der Waals surface area contributed by atoms with E-state index in [4.69, 9.17) is 0 Å². The molecule has 0 saturated carbocycles. The second kappa shape index (κ2) is 4.89. The van der Waals surface area contributed by atoms with Crippen LogP contribution in [-0.2, 0) is 6.54 Å². The molecule has 0 spiro atoms. The van der Waals surface area contributed by atoms with Crippen molar-refractivity contribution in [3.63, 3.8) is 0 Å². The van der Waals surface area contributed by atoms with E-state index < -0.39 is 0 Å². The minimum atomic E-state index is -0.144. The molecule has 2 N–H and O–H groups in total. The molecule has 0 amide bonds. The maximum absolute atomic E-state index is 11.9. The Morgan fingerprint density at radius 2 is 1.95 bits per heavy atom. The number of pyridine rings is 1. The number of anilines is 1. The Balaban J connectivity index is 1.88. The average Bonchev–Trinajstić information content (AvgIpc) is 2.46. The van der Waals surface area contributed by atoms with Crippen molar-refractivity contribution in [1.29, 1.82) is 0 Å². The average molecular weight is 252 g/mol. The molecule has 3 rings (SSSR count). The summed E-state index contributed by atoms with van der Waals surface area (Å²) in [7, 11) is 0. The van der Waals surface area contributed by atoms with Gasteiger partial charge < -0.3 is 5.32 Å². The number of aromatic amines is 1. The number of para-hydroxylation sites is 1. The number of aromatic nitrogens is 3. The van der Waals surface area contributed by atoms with Crippen molar-refractivity contribution in [2.45, 2.75) is 6.54 Å². The Hall–Kier alpha value is -2.69. The molecule has 0 saturated heterocycles. The molecule has 2 aromatic heterocycles. The van der Waals surface area contributed by atoms with Crippen LogP contribution in [-0.4, -0.2) is 15.0 Å². The molecular formula is C14H12N4O. The second-order valence-corrected chi connectivity index (χ2v) is 4.11. The molecular weight excluding hydrogens is 240 g/mol. The van der Waals surface area contributed by atoms with Crippen LogP contribution in [0.25, 0.3) is 10.9 Å². The molecule has 1 aromatic carbocycles. The molecule has 5 nitrogen and oxygen atoms in total. The van der Waals surface area contributed by atoms with Gasteiger partial charge in [-0.2, -0.15) is 0 Å². The molecule has 0 fully saturated rings. The normalized spacial score (nSPS) is 10.5. The van der Waals surface area contributed by atoms with Gasteiger partial charge in [-0.3, -0.25) is 14.8 Å². The van der Waals surface area contributed by atoms with Crippen molar-refractivity contribution >= 4 is 16.9 Å². The summed E-state index contributed by atoms with van der Waals surface area (Å²) >= 11 is 0. The third kappa shape index (κ3) is 2.44. The number of hydrogen-bond donors (Lipinski definition) is 2. The number of nitrogens with zero attached hydrogens (tertiary/aromatic N) is 2. The van der Waals surface area contributed by atoms with Gasteiger partial charge in [0.2, 0.25) is 5.95 Å².